The van der Waals surface area contributed by atoms with Gasteiger partial charge in [0, 0.05) is 0 Å². The smallest absolute Gasteiger partial charge is 0.124 e. The first-order valence-corrected chi connectivity index (χ1v) is 4.86. The van der Waals surface area contributed by atoms with Crippen LogP contribution >= 0.6 is 0 Å². The van der Waals surface area contributed by atoms with Crippen molar-refractivity contribution in [2.45, 2.75) is 31.5 Å². The fourth-order valence-corrected chi connectivity index (χ4v) is 1.73. The Labute approximate surface area is 82.3 Å². The highest BCUT2D eigenvalue weighted by atomic mass is 19.1. The minimum atomic E-state index is -0.375. The van der Waals surface area contributed by atoms with Crippen molar-refractivity contribution in [2.24, 2.45) is 0 Å². The van der Waals surface area contributed by atoms with Crippen molar-refractivity contribution in [1.82, 2.24) is 0 Å². The number of halogens is 1. The Morgan fingerprint density at radius 3 is 2.50 bits per heavy atom. The standard InChI is InChI=1S/C11H13FO2/c12-8-4-6-9(7-5-8)14-11-3-1-2-10(11)13/h4-7,10-11,13H,1-3H2/t10-,11-/m1/s1. The van der Waals surface area contributed by atoms with Crippen molar-refractivity contribution in [3.05, 3.63) is 30.1 Å². The van der Waals surface area contributed by atoms with Crippen molar-refractivity contribution < 1.29 is 14.2 Å². The Balaban J connectivity index is 2.00. The SMILES string of the molecule is O[C@@H]1CCC[C@H]1Oc1ccc(F)cc1. The van der Waals surface area contributed by atoms with Crippen LogP contribution in [-0.4, -0.2) is 17.3 Å². The van der Waals surface area contributed by atoms with E-state index >= 15 is 0 Å². The Morgan fingerprint density at radius 2 is 1.93 bits per heavy atom. The number of ether oxygens (including phenoxy) is 1. The van der Waals surface area contributed by atoms with Gasteiger partial charge in [0.2, 0.25) is 0 Å². The summed E-state index contributed by atoms with van der Waals surface area (Å²) in [5.74, 6) is 0.349. The van der Waals surface area contributed by atoms with Crippen molar-refractivity contribution >= 4 is 0 Å². The predicted molar refractivity (Wildman–Crippen MR) is 50.7 cm³/mol. The lowest BCUT2D eigenvalue weighted by Gasteiger charge is -2.16. The van der Waals surface area contributed by atoms with E-state index < -0.39 is 0 Å². The lowest BCUT2D eigenvalue weighted by atomic mass is 10.2. The van der Waals surface area contributed by atoms with Crippen LogP contribution in [0.5, 0.6) is 5.75 Å². The summed E-state index contributed by atoms with van der Waals surface area (Å²) in [6.07, 6.45) is 2.16. The molecule has 1 N–H and O–H groups in total. The third kappa shape index (κ3) is 2.04. The Hall–Kier alpha value is -1.09. The average Bonchev–Trinajstić information content (AvgIpc) is 2.56. The lowest BCUT2D eigenvalue weighted by Crippen LogP contribution is -2.25. The molecule has 2 rings (SSSR count). The molecule has 2 nitrogen and oxygen atoms in total. The Morgan fingerprint density at radius 1 is 1.21 bits per heavy atom. The highest BCUT2D eigenvalue weighted by Gasteiger charge is 2.26. The first-order chi connectivity index (χ1) is 6.75. The number of hydrogen-bond donors (Lipinski definition) is 1. The van der Waals surface area contributed by atoms with E-state index in [1.807, 2.05) is 0 Å². The zero-order valence-electron chi connectivity index (χ0n) is 7.82. The van der Waals surface area contributed by atoms with Crippen LogP contribution in [0.15, 0.2) is 24.3 Å². The molecule has 3 heteroatoms. The molecule has 1 aliphatic carbocycles. The fraction of sp³-hybridized carbons (Fsp3) is 0.455. The molecule has 14 heavy (non-hydrogen) atoms. The van der Waals surface area contributed by atoms with Gasteiger partial charge in [0.15, 0.2) is 0 Å². The molecule has 1 aliphatic rings. The number of hydrogen-bond acceptors (Lipinski definition) is 2. The molecule has 1 saturated carbocycles. The van der Waals surface area contributed by atoms with Crippen molar-refractivity contribution in [2.75, 3.05) is 0 Å². The topological polar surface area (TPSA) is 29.5 Å². The van der Waals surface area contributed by atoms with Gasteiger partial charge in [-0.1, -0.05) is 0 Å². The summed E-state index contributed by atoms with van der Waals surface area (Å²) in [6, 6.07) is 5.88. The molecule has 0 amide bonds. The van der Waals surface area contributed by atoms with Crippen LogP contribution in [0.3, 0.4) is 0 Å². The molecule has 0 unspecified atom stereocenters. The molecule has 2 atom stereocenters. The van der Waals surface area contributed by atoms with E-state index in [4.69, 9.17) is 4.74 Å². The second kappa shape index (κ2) is 3.96. The maximum absolute atomic E-state index is 12.6. The highest BCUT2D eigenvalue weighted by Crippen LogP contribution is 2.24. The first-order valence-electron chi connectivity index (χ1n) is 4.86. The molecule has 0 bridgehead atoms. The van der Waals surface area contributed by atoms with Crippen LogP contribution in [0.1, 0.15) is 19.3 Å². The minimum Gasteiger partial charge on any atom is -0.488 e. The molecule has 0 aromatic heterocycles. The molecule has 1 aromatic rings. The second-order valence-corrected chi connectivity index (χ2v) is 3.61. The molecule has 0 radical (unpaired) electrons. The van der Waals surface area contributed by atoms with E-state index in [0.29, 0.717) is 5.75 Å². The van der Waals surface area contributed by atoms with Gasteiger partial charge in [0.1, 0.15) is 17.7 Å². The summed E-state index contributed by atoms with van der Waals surface area (Å²) in [5.41, 5.74) is 0. The van der Waals surface area contributed by atoms with Crippen LogP contribution in [0, 0.1) is 5.82 Å². The molecular weight excluding hydrogens is 183 g/mol. The Bertz CT molecular complexity index is 297. The minimum absolute atomic E-state index is 0.125. The van der Waals surface area contributed by atoms with E-state index in [-0.39, 0.29) is 18.0 Å². The van der Waals surface area contributed by atoms with Crippen molar-refractivity contribution in [3.8, 4) is 5.75 Å². The largest absolute Gasteiger partial charge is 0.488 e. The van der Waals surface area contributed by atoms with Gasteiger partial charge in [-0.2, -0.15) is 0 Å². The normalized spacial score (nSPS) is 26.4. The molecule has 76 valence electrons. The van der Waals surface area contributed by atoms with Gasteiger partial charge in [0.25, 0.3) is 0 Å². The monoisotopic (exact) mass is 196 g/mol. The van der Waals surface area contributed by atoms with Crippen LogP contribution in [0.4, 0.5) is 4.39 Å². The molecule has 0 spiro atoms. The molecule has 1 fully saturated rings. The van der Waals surface area contributed by atoms with Gasteiger partial charge < -0.3 is 9.84 Å². The van der Waals surface area contributed by atoms with Crippen LogP contribution in [0.25, 0.3) is 0 Å². The first kappa shape index (κ1) is 9.46. The van der Waals surface area contributed by atoms with Gasteiger partial charge in [-0.05, 0) is 43.5 Å². The van der Waals surface area contributed by atoms with E-state index in [9.17, 15) is 9.50 Å². The van der Waals surface area contributed by atoms with Gasteiger partial charge in [0.05, 0.1) is 6.10 Å². The van der Waals surface area contributed by atoms with Gasteiger partial charge in [-0.25, -0.2) is 4.39 Å². The predicted octanol–water partition coefficient (Wildman–Crippen LogP) is 2.12. The number of aliphatic hydroxyl groups is 1. The summed E-state index contributed by atoms with van der Waals surface area (Å²) in [4.78, 5) is 0. The van der Waals surface area contributed by atoms with Crippen LogP contribution in [0.2, 0.25) is 0 Å². The summed E-state index contributed by atoms with van der Waals surface area (Å²) < 4.78 is 18.1. The van der Waals surface area contributed by atoms with Gasteiger partial charge in [-0.3, -0.25) is 0 Å². The maximum atomic E-state index is 12.6. The van der Waals surface area contributed by atoms with Gasteiger partial charge >= 0.3 is 0 Å². The zero-order valence-corrected chi connectivity index (χ0v) is 7.82. The molecule has 0 saturated heterocycles. The van der Waals surface area contributed by atoms with Crippen LogP contribution in [-0.2, 0) is 0 Å². The molecule has 0 heterocycles. The average molecular weight is 196 g/mol. The highest BCUT2D eigenvalue weighted by molar-refractivity contribution is 5.22. The zero-order chi connectivity index (χ0) is 9.97. The van der Waals surface area contributed by atoms with E-state index in [2.05, 4.69) is 0 Å². The van der Waals surface area contributed by atoms with E-state index in [1.54, 1.807) is 12.1 Å². The summed E-state index contributed by atoms with van der Waals surface area (Å²) in [6.45, 7) is 0. The van der Waals surface area contributed by atoms with E-state index in [1.165, 1.54) is 12.1 Å². The summed E-state index contributed by atoms with van der Waals surface area (Å²) in [7, 11) is 0. The fourth-order valence-electron chi connectivity index (χ4n) is 1.73. The van der Waals surface area contributed by atoms with E-state index in [0.717, 1.165) is 19.3 Å². The summed E-state index contributed by atoms with van der Waals surface area (Å²) >= 11 is 0. The van der Waals surface area contributed by atoms with Gasteiger partial charge in [-0.15, -0.1) is 0 Å². The number of rotatable bonds is 2. The van der Waals surface area contributed by atoms with Crippen LogP contribution < -0.4 is 4.74 Å². The number of aliphatic hydroxyl groups excluding tert-OH is 1. The summed E-state index contributed by atoms with van der Waals surface area (Å²) in [5, 5.41) is 9.51. The number of benzene rings is 1. The molecular formula is C11H13FO2. The Kier molecular flexibility index (Phi) is 2.68. The van der Waals surface area contributed by atoms with Crippen molar-refractivity contribution in [3.63, 3.8) is 0 Å². The molecule has 1 aromatic carbocycles. The quantitative estimate of drug-likeness (QED) is 0.785. The second-order valence-electron chi connectivity index (χ2n) is 3.61. The third-order valence-electron chi connectivity index (χ3n) is 2.52. The lowest BCUT2D eigenvalue weighted by molar-refractivity contribution is 0.0603. The van der Waals surface area contributed by atoms with Crippen molar-refractivity contribution in [1.29, 1.82) is 0 Å². The maximum Gasteiger partial charge on any atom is 0.124 e. The third-order valence-corrected chi connectivity index (χ3v) is 2.52. The molecule has 0 aliphatic heterocycles.